The van der Waals surface area contributed by atoms with Crippen molar-refractivity contribution in [1.29, 1.82) is 0 Å². The Morgan fingerprint density at radius 1 is 1.00 bits per heavy atom. The minimum atomic E-state index is 0.690. The number of nitrogens with zero attached hydrogens (tertiary/aromatic N) is 2. The summed E-state index contributed by atoms with van der Waals surface area (Å²) in [6, 6.07) is 10.2. The summed E-state index contributed by atoms with van der Waals surface area (Å²) in [4.78, 5) is 0. The highest BCUT2D eigenvalue weighted by Gasteiger charge is 1.96. The van der Waals surface area contributed by atoms with Crippen molar-refractivity contribution in [2.45, 2.75) is 26.0 Å². The zero-order valence-electron chi connectivity index (χ0n) is 12.1. The molecule has 4 nitrogen and oxygen atoms in total. The Balaban J connectivity index is 1.40. The van der Waals surface area contributed by atoms with Gasteiger partial charge in [-0.1, -0.05) is 30.3 Å². The van der Waals surface area contributed by atoms with Crippen molar-refractivity contribution in [2.75, 3.05) is 19.8 Å². The molecule has 0 fully saturated rings. The Kier molecular flexibility index (Phi) is 7.49. The van der Waals surface area contributed by atoms with Gasteiger partial charge in [0.1, 0.15) is 0 Å². The minimum Gasteiger partial charge on any atom is -0.380 e. The van der Waals surface area contributed by atoms with Crippen LogP contribution in [0.15, 0.2) is 47.2 Å². The fourth-order valence-corrected chi connectivity index (χ4v) is 2.22. The lowest BCUT2D eigenvalue weighted by molar-refractivity contribution is 0.0919. The quantitative estimate of drug-likeness (QED) is 0.612. The maximum absolute atomic E-state index is 5.62. The van der Waals surface area contributed by atoms with Crippen molar-refractivity contribution in [2.24, 2.45) is 0 Å². The zero-order chi connectivity index (χ0) is 14.8. The highest BCUT2D eigenvalue weighted by atomic mass is 79.9. The van der Waals surface area contributed by atoms with E-state index in [9.17, 15) is 0 Å². The molecule has 0 bridgehead atoms. The third-order valence-electron chi connectivity index (χ3n) is 3.01. The number of benzene rings is 1. The van der Waals surface area contributed by atoms with Gasteiger partial charge < -0.3 is 9.47 Å². The van der Waals surface area contributed by atoms with E-state index in [0.29, 0.717) is 13.2 Å². The molecule has 0 N–H and O–H groups in total. The van der Waals surface area contributed by atoms with Crippen LogP contribution in [0.2, 0.25) is 0 Å². The summed E-state index contributed by atoms with van der Waals surface area (Å²) >= 11 is 3.37. The van der Waals surface area contributed by atoms with Gasteiger partial charge in [0.05, 0.1) is 30.4 Å². The van der Waals surface area contributed by atoms with Crippen LogP contribution in [0.1, 0.15) is 18.4 Å². The molecule has 0 amide bonds. The fourth-order valence-electron chi connectivity index (χ4n) is 1.89. The van der Waals surface area contributed by atoms with Crippen molar-refractivity contribution in [1.82, 2.24) is 9.78 Å². The predicted molar refractivity (Wildman–Crippen MR) is 86.1 cm³/mol. The molecule has 0 aliphatic carbocycles. The molecular weight excluding hydrogens is 332 g/mol. The first-order valence-corrected chi connectivity index (χ1v) is 8.01. The highest BCUT2D eigenvalue weighted by molar-refractivity contribution is 9.10. The predicted octanol–water partition coefficient (Wildman–Crippen LogP) is 3.66. The summed E-state index contributed by atoms with van der Waals surface area (Å²) in [5.41, 5.74) is 1.22. The zero-order valence-corrected chi connectivity index (χ0v) is 13.7. The number of aromatic nitrogens is 2. The van der Waals surface area contributed by atoms with Crippen LogP contribution in [0.25, 0.3) is 0 Å². The summed E-state index contributed by atoms with van der Waals surface area (Å²) in [7, 11) is 0. The third-order valence-corrected chi connectivity index (χ3v) is 3.41. The monoisotopic (exact) mass is 352 g/mol. The van der Waals surface area contributed by atoms with Crippen LogP contribution >= 0.6 is 15.9 Å². The normalized spacial score (nSPS) is 10.9. The van der Waals surface area contributed by atoms with Gasteiger partial charge in [-0.2, -0.15) is 5.10 Å². The van der Waals surface area contributed by atoms with Crippen LogP contribution in [0, 0.1) is 0 Å². The molecule has 114 valence electrons. The molecule has 0 atom stereocenters. The molecule has 2 aromatic rings. The van der Waals surface area contributed by atoms with Gasteiger partial charge in [0, 0.05) is 19.4 Å². The number of rotatable bonds is 10. The van der Waals surface area contributed by atoms with Crippen molar-refractivity contribution < 1.29 is 9.47 Å². The van der Waals surface area contributed by atoms with Crippen LogP contribution in [-0.2, 0) is 22.6 Å². The summed E-state index contributed by atoms with van der Waals surface area (Å²) in [5.74, 6) is 0. The van der Waals surface area contributed by atoms with E-state index in [-0.39, 0.29) is 0 Å². The van der Waals surface area contributed by atoms with Crippen molar-refractivity contribution in [3.05, 3.63) is 52.8 Å². The van der Waals surface area contributed by atoms with E-state index in [1.54, 1.807) is 6.20 Å². The first-order valence-electron chi connectivity index (χ1n) is 7.22. The average molecular weight is 353 g/mol. The molecular formula is C16H21BrN2O2. The topological polar surface area (TPSA) is 36.3 Å². The van der Waals surface area contributed by atoms with Crippen molar-refractivity contribution in [3.8, 4) is 0 Å². The lowest BCUT2D eigenvalue weighted by Crippen LogP contribution is -2.07. The second kappa shape index (κ2) is 9.71. The summed E-state index contributed by atoms with van der Waals surface area (Å²) in [5, 5.41) is 4.17. The van der Waals surface area contributed by atoms with Crippen molar-refractivity contribution >= 4 is 15.9 Å². The highest BCUT2D eigenvalue weighted by Crippen LogP contribution is 2.06. The molecule has 0 saturated heterocycles. The largest absolute Gasteiger partial charge is 0.380 e. The third kappa shape index (κ3) is 6.89. The van der Waals surface area contributed by atoms with E-state index in [0.717, 1.165) is 37.1 Å². The van der Waals surface area contributed by atoms with Crippen LogP contribution in [0.4, 0.5) is 0 Å². The van der Waals surface area contributed by atoms with Gasteiger partial charge in [0.2, 0.25) is 0 Å². The molecule has 0 saturated carbocycles. The number of hydrogen-bond acceptors (Lipinski definition) is 3. The number of halogens is 1. The standard InChI is InChI=1S/C16H21BrN2O2/c17-16-12-18-19(13-16)8-11-20-9-4-5-10-21-14-15-6-2-1-3-7-15/h1-3,6-7,12-13H,4-5,8-11,14H2. The second-order valence-corrected chi connectivity index (χ2v) is 5.69. The smallest absolute Gasteiger partial charge is 0.0716 e. The molecule has 5 heteroatoms. The van der Waals surface area contributed by atoms with Crippen molar-refractivity contribution in [3.63, 3.8) is 0 Å². The Bertz CT molecular complexity index is 502. The molecule has 1 aromatic heterocycles. The number of unbranched alkanes of at least 4 members (excludes halogenated alkanes) is 1. The Morgan fingerprint density at radius 2 is 1.76 bits per heavy atom. The lowest BCUT2D eigenvalue weighted by atomic mass is 10.2. The number of hydrogen-bond donors (Lipinski definition) is 0. The number of ether oxygens (including phenoxy) is 2. The summed E-state index contributed by atoms with van der Waals surface area (Å²) < 4.78 is 14.1. The van der Waals surface area contributed by atoms with E-state index in [1.165, 1.54) is 5.56 Å². The molecule has 1 heterocycles. The first-order chi connectivity index (χ1) is 10.3. The van der Waals surface area contributed by atoms with E-state index in [4.69, 9.17) is 9.47 Å². The molecule has 0 radical (unpaired) electrons. The Labute approximate surface area is 134 Å². The van der Waals surface area contributed by atoms with Crippen LogP contribution in [0.3, 0.4) is 0 Å². The molecule has 2 rings (SSSR count). The van der Waals surface area contributed by atoms with Crippen LogP contribution < -0.4 is 0 Å². The lowest BCUT2D eigenvalue weighted by Gasteiger charge is -2.06. The van der Waals surface area contributed by atoms with Gasteiger partial charge in [-0.05, 0) is 34.3 Å². The molecule has 0 spiro atoms. The summed E-state index contributed by atoms with van der Waals surface area (Å²) in [6.45, 7) is 3.73. The Morgan fingerprint density at radius 3 is 2.48 bits per heavy atom. The van der Waals surface area contributed by atoms with Gasteiger partial charge in [-0.25, -0.2) is 0 Å². The molecule has 21 heavy (non-hydrogen) atoms. The first kappa shape index (κ1) is 16.2. The second-order valence-electron chi connectivity index (χ2n) is 4.78. The average Bonchev–Trinajstić information content (AvgIpc) is 2.92. The minimum absolute atomic E-state index is 0.690. The van der Waals surface area contributed by atoms with E-state index >= 15 is 0 Å². The van der Waals surface area contributed by atoms with Gasteiger partial charge in [-0.3, -0.25) is 4.68 Å². The molecule has 0 aliphatic rings. The Hall–Kier alpha value is -1.17. The van der Waals surface area contributed by atoms with E-state index in [2.05, 4.69) is 33.2 Å². The van der Waals surface area contributed by atoms with Gasteiger partial charge in [0.25, 0.3) is 0 Å². The fraction of sp³-hybridized carbons (Fsp3) is 0.438. The molecule has 1 aromatic carbocycles. The van der Waals surface area contributed by atoms with E-state index in [1.807, 2.05) is 29.1 Å². The van der Waals surface area contributed by atoms with Gasteiger partial charge in [0.15, 0.2) is 0 Å². The van der Waals surface area contributed by atoms with Crippen LogP contribution in [0.5, 0.6) is 0 Å². The van der Waals surface area contributed by atoms with Crippen LogP contribution in [-0.4, -0.2) is 29.6 Å². The maximum atomic E-state index is 5.62. The molecule has 0 unspecified atom stereocenters. The van der Waals surface area contributed by atoms with E-state index < -0.39 is 0 Å². The van der Waals surface area contributed by atoms with Gasteiger partial charge in [-0.15, -0.1) is 0 Å². The maximum Gasteiger partial charge on any atom is 0.0716 e. The summed E-state index contributed by atoms with van der Waals surface area (Å²) in [6.07, 6.45) is 5.78. The SMILES string of the molecule is Brc1cnn(CCOCCCCOCc2ccccc2)c1. The van der Waals surface area contributed by atoms with Gasteiger partial charge >= 0.3 is 0 Å². The molecule has 0 aliphatic heterocycles.